The molecular weight excluding hydrogens is 298 g/mol. The number of aliphatic hydroxyl groups excluding tert-OH is 1. The van der Waals surface area contributed by atoms with E-state index in [0.717, 1.165) is 33.6 Å². The summed E-state index contributed by atoms with van der Waals surface area (Å²) in [6.45, 7) is 0.0246. The summed E-state index contributed by atoms with van der Waals surface area (Å²) >= 11 is 0. The summed E-state index contributed by atoms with van der Waals surface area (Å²) in [5.74, 6) is 0. The molecule has 0 unspecified atom stereocenters. The highest BCUT2D eigenvalue weighted by Gasteiger charge is 2.13. The molecule has 116 valence electrons. The van der Waals surface area contributed by atoms with Gasteiger partial charge >= 0.3 is 0 Å². The predicted octanol–water partition coefficient (Wildman–Crippen LogP) is 3.85. The van der Waals surface area contributed by atoms with Gasteiger partial charge < -0.3 is 5.11 Å². The summed E-state index contributed by atoms with van der Waals surface area (Å²) in [5.41, 5.74) is 5.84. The highest BCUT2D eigenvalue weighted by molar-refractivity contribution is 5.84. The highest BCUT2D eigenvalue weighted by Crippen LogP contribution is 2.30. The van der Waals surface area contributed by atoms with E-state index in [9.17, 15) is 5.11 Å². The quantitative estimate of drug-likeness (QED) is 0.624. The second-order valence-corrected chi connectivity index (χ2v) is 5.49. The molecule has 4 nitrogen and oxygen atoms in total. The zero-order valence-corrected chi connectivity index (χ0v) is 12.9. The number of hydrogen-bond donors (Lipinski definition) is 1. The molecule has 4 heteroatoms. The summed E-state index contributed by atoms with van der Waals surface area (Å²) in [5, 5.41) is 9.24. The van der Waals surface area contributed by atoms with Crippen LogP contribution in [-0.2, 0) is 6.61 Å². The lowest BCUT2D eigenvalue weighted by Gasteiger charge is -2.10. The van der Waals surface area contributed by atoms with E-state index < -0.39 is 0 Å². The summed E-state index contributed by atoms with van der Waals surface area (Å²) in [6.07, 6.45) is 1.72. The van der Waals surface area contributed by atoms with Crippen molar-refractivity contribution in [1.82, 2.24) is 15.0 Å². The van der Waals surface area contributed by atoms with Gasteiger partial charge in [-0.15, -0.1) is 0 Å². The van der Waals surface area contributed by atoms with Crippen LogP contribution in [0.2, 0.25) is 0 Å². The van der Waals surface area contributed by atoms with Crippen molar-refractivity contribution in [1.29, 1.82) is 0 Å². The van der Waals surface area contributed by atoms with Gasteiger partial charge in [0.2, 0.25) is 0 Å². The van der Waals surface area contributed by atoms with E-state index >= 15 is 0 Å². The van der Waals surface area contributed by atoms with Gasteiger partial charge in [0.15, 0.2) is 5.65 Å². The number of pyridine rings is 1. The third kappa shape index (κ3) is 2.64. The van der Waals surface area contributed by atoms with Gasteiger partial charge in [-0.1, -0.05) is 54.6 Å². The Labute approximate surface area is 139 Å². The van der Waals surface area contributed by atoms with Gasteiger partial charge in [-0.25, -0.2) is 15.0 Å². The van der Waals surface area contributed by atoms with Crippen LogP contribution in [0.1, 0.15) is 5.56 Å². The molecule has 1 N–H and O–H groups in total. The average Bonchev–Trinajstić information content (AvgIpc) is 2.68. The van der Waals surface area contributed by atoms with Gasteiger partial charge in [0.25, 0.3) is 0 Å². The van der Waals surface area contributed by atoms with Crippen LogP contribution < -0.4 is 0 Å². The Kier molecular flexibility index (Phi) is 3.73. The van der Waals surface area contributed by atoms with Crippen LogP contribution in [0.5, 0.6) is 0 Å². The first-order valence-corrected chi connectivity index (χ1v) is 7.73. The van der Waals surface area contributed by atoms with E-state index in [-0.39, 0.29) is 6.61 Å². The third-order valence-corrected chi connectivity index (χ3v) is 3.90. The van der Waals surface area contributed by atoms with Gasteiger partial charge in [0.1, 0.15) is 5.52 Å². The van der Waals surface area contributed by atoms with Crippen molar-refractivity contribution in [3.05, 3.63) is 78.5 Å². The molecule has 0 amide bonds. The van der Waals surface area contributed by atoms with Crippen molar-refractivity contribution in [2.24, 2.45) is 0 Å². The maximum atomic E-state index is 9.24. The summed E-state index contributed by atoms with van der Waals surface area (Å²) < 4.78 is 0. The number of nitrogens with zero attached hydrogens (tertiary/aromatic N) is 3. The molecule has 2 aromatic carbocycles. The van der Waals surface area contributed by atoms with Crippen LogP contribution in [0.25, 0.3) is 33.7 Å². The molecule has 0 spiro atoms. The lowest BCUT2D eigenvalue weighted by molar-refractivity contribution is 0.282. The van der Waals surface area contributed by atoms with Crippen molar-refractivity contribution >= 4 is 11.2 Å². The first kappa shape index (κ1) is 14.5. The van der Waals surface area contributed by atoms with Crippen LogP contribution in [-0.4, -0.2) is 20.1 Å². The standard InChI is InChI=1S/C20H15N3O/c24-13-14-8-10-16(11-9-14)19-18(15-5-2-1-3-6-15)22-17-7-4-12-21-20(17)23-19/h1-12,24H,13H2. The van der Waals surface area contributed by atoms with Gasteiger partial charge in [-0.3, -0.25) is 0 Å². The Bertz CT molecular complexity index is 983. The van der Waals surface area contributed by atoms with Crippen molar-refractivity contribution in [2.75, 3.05) is 0 Å². The van der Waals surface area contributed by atoms with Crippen LogP contribution >= 0.6 is 0 Å². The summed E-state index contributed by atoms with van der Waals surface area (Å²) in [7, 11) is 0. The molecule has 0 aliphatic rings. The van der Waals surface area contributed by atoms with Crippen molar-refractivity contribution in [2.45, 2.75) is 6.61 Å². The molecule has 0 aliphatic heterocycles. The van der Waals surface area contributed by atoms with Gasteiger partial charge in [0.05, 0.1) is 18.0 Å². The van der Waals surface area contributed by atoms with E-state index in [1.807, 2.05) is 66.7 Å². The zero-order valence-electron chi connectivity index (χ0n) is 12.9. The molecule has 2 heterocycles. The number of hydrogen-bond acceptors (Lipinski definition) is 4. The fraction of sp³-hybridized carbons (Fsp3) is 0.0500. The van der Waals surface area contributed by atoms with Crippen LogP contribution in [0, 0.1) is 0 Å². The Morgan fingerprint density at radius 1 is 0.708 bits per heavy atom. The van der Waals surface area contributed by atoms with E-state index in [4.69, 9.17) is 9.97 Å². The normalized spacial score (nSPS) is 10.9. The summed E-state index contributed by atoms with van der Waals surface area (Å²) in [4.78, 5) is 13.9. The predicted molar refractivity (Wildman–Crippen MR) is 94.1 cm³/mol. The smallest absolute Gasteiger partial charge is 0.178 e. The minimum atomic E-state index is 0.0246. The Balaban J connectivity index is 1.97. The second kappa shape index (κ2) is 6.18. The molecule has 24 heavy (non-hydrogen) atoms. The maximum absolute atomic E-state index is 9.24. The Morgan fingerprint density at radius 2 is 1.42 bits per heavy atom. The number of fused-ring (bicyclic) bond motifs is 1. The van der Waals surface area contributed by atoms with Crippen LogP contribution in [0.3, 0.4) is 0 Å². The van der Waals surface area contributed by atoms with Crippen molar-refractivity contribution < 1.29 is 5.11 Å². The molecular formula is C20H15N3O. The molecule has 0 saturated heterocycles. The first-order valence-electron chi connectivity index (χ1n) is 7.73. The third-order valence-electron chi connectivity index (χ3n) is 3.90. The molecule has 2 aromatic heterocycles. The van der Waals surface area contributed by atoms with Gasteiger partial charge in [-0.2, -0.15) is 0 Å². The molecule has 4 aromatic rings. The minimum Gasteiger partial charge on any atom is -0.392 e. The topological polar surface area (TPSA) is 58.9 Å². The maximum Gasteiger partial charge on any atom is 0.178 e. The SMILES string of the molecule is OCc1ccc(-c2nc3ncccc3nc2-c2ccccc2)cc1. The molecule has 0 atom stereocenters. The summed E-state index contributed by atoms with van der Waals surface area (Å²) in [6, 6.07) is 21.5. The fourth-order valence-electron chi connectivity index (χ4n) is 2.66. The molecule has 0 bridgehead atoms. The van der Waals surface area contributed by atoms with Crippen molar-refractivity contribution in [3.63, 3.8) is 0 Å². The Hall–Kier alpha value is -3.11. The van der Waals surface area contributed by atoms with E-state index in [2.05, 4.69) is 4.98 Å². The lowest BCUT2D eigenvalue weighted by Crippen LogP contribution is -1.97. The van der Waals surface area contributed by atoms with Crippen LogP contribution in [0.15, 0.2) is 72.9 Å². The van der Waals surface area contributed by atoms with E-state index in [0.29, 0.717) is 5.65 Å². The minimum absolute atomic E-state index is 0.0246. The molecule has 0 aliphatic carbocycles. The lowest BCUT2D eigenvalue weighted by atomic mass is 10.0. The molecule has 0 radical (unpaired) electrons. The Morgan fingerprint density at radius 3 is 2.17 bits per heavy atom. The number of rotatable bonds is 3. The monoisotopic (exact) mass is 313 g/mol. The molecule has 0 saturated carbocycles. The second-order valence-electron chi connectivity index (χ2n) is 5.49. The van der Waals surface area contributed by atoms with E-state index in [1.54, 1.807) is 6.20 Å². The number of aromatic nitrogens is 3. The largest absolute Gasteiger partial charge is 0.392 e. The van der Waals surface area contributed by atoms with E-state index in [1.165, 1.54) is 0 Å². The average molecular weight is 313 g/mol. The fourth-order valence-corrected chi connectivity index (χ4v) is 2.66. The number of benzene rings is 2. The molecule has 0 fully saturated rings. The molecule has 4 rings (SSSR count). The zero-order chi connectivity index (χ0) is 16.4. The highest BCUT2D eigenvalue weighted by atomic mass is 16.3. The first-order chi connectivity index (χ1) is 11.8. The van der Waals surface area contributed by atoms with Gasteiger partial charge in [0, 0.05) is 17.3 Å². The van der Waals surface area contributed by atoms with Crippen molar-refractivity contribution in [3.8, 4) is 22.5 Å². The van der Waals surface area contributed by atoms with Crippen LogP contribution in [0.4, 0.5) is 0 Å². The number of aliphatic hydroxyl groups is 1. The van der Waals surface area contributed by atoms with Gasteiger partial charge in [-0.05, 0) is 17.7 Å².